The molecule has 3 rings (SSSR count). The van der Waals surface area contributed by atoms with Crippen LogP contribution in [0.2, 0.25) is 0 Å². The maximum atomic E-state index is 12.0. The molecule has 0 aliphatic rings. The Morgan fingerprint density at radius 3 is 2.81 bits per heavy atom. The van der Waals surface area contributed by atoms with E-state index in [0.29, 0.717) is 12.3 Å². The summed E-state index contributed by atoms with van der Waals surface area (Å²) in [7, 11) is 0. The minimum Gasteiger partial charge on any atom is -0.382 e. The van der Waals surface area contributed by atoms with E-state index in [4.69, 9.17) is 11.6 Å². The highest BCUT2D eigenvalue weighted by Gasteiger charge is 2.12. The van der Waals surface area contributed by atoms with Gasteiger partial charge in [-0.05, 0) is 36.2 Å². The van der Waals surface area contributed by atoms with Gasteiger partial charge in [-0.15, -0.1) is 0 Å². The summed E-state index contributed by atoms with van der Waals surface area (Å²) < 4.78 is 0. The molecule has 0 atom stereocenters. The van der Waals surface area contributed by atoms with Gasteiger partial charge in [0.15, 0.2) is 0 Å². The smallest absolute Gasteiger partial charge is 0.224 e. The van der Waals surface area contributed by atoms with Crippen molar-refractivity contribution in [2.45, 2.75) is 20.3 Å². The maximum absolute atomic E-state index is 12.0. The Morgan fingerprint density at radius 2 is 2.08 bits per heavy atom. The van der Waals surface area contributed by atoms with Crippen molar-refractivity contribution in [3.8, 4) is 11.3 Å². The number of rotatable bonds is 5. The summed E-state index contributed by atoms with van der Waals surface area (Å²) in [6.45, 7) is 4.03. The molecule has 134 valence electrons. The predicted octanol–water partition coefficient (Wildman–Crippen LogP) is 2.79. The van der Waals surface area contributed by atoms with Crippen LogP contribution in [0.1, 0.15) is 25.8 Å². The topological polar surface area (TPSA) is 122 Å². The van der Waals surface area contributed by atoms with Crippen LogP contribution in [0.4, 0.5) is 5.69 Å². The molecule has 26 heavy (non-hydrogen) atoms. The van der Waals surface area contributed by atoms with Gasteiger partial charge in [-0.1, -0.05) is 26.0 Å². The Kier molecular flexibility index (Phi) is 4.88. The Balaban J connectivity index is 1.96. The SMILES string of the molecule is CC(C)CC(=O)Nc1cccc(-c2n[nH]c3ccc(/C(N)=N/N)cc23)c1. The fourth-order valence-corrected chi connectivity index (χ4v) is 2.79. The van der Waals surface area contributed by atoms with Crippen LogP contribution < -0.4 is 16.9 Å². The normalized spacial score (nSPS) is 11.9. The number of aromatic amines is 1. The van der Waals surface area contributed by atoms with Gasteiger partial charge in [-0.3, -0.25) is 9.89 Å². The first-order valence-corrected chi connectivity index (χ1v) is 8.40. The van der Waals surface area contributed by atoms with Gasteiger partial charge in [0.1, 0.15) is 5.84 Å². The Bertz CT molecular complexity index is 973. The summed E-state index contributed by atoms with van der Waals surface area (Å²) in [5, 5.41) is 14.8. The number of fused-ring (bicyclic) bond motifs is 1. The molecule has 0 spiro atoms. The monoisotopic (exact) mass is 350 g/mol. The number of amides is 1. The van der Waals surface area contributed by atoms with Gasteiger partial charge in [0.25, 0.3) is 0 Å². The van der Waals surface area contributed by atoms with E-state index < -0.39 is 0 Å². The van der Waals surface area contributed by atoms with Crippen molar-refractivity contribution in [3.63, 3.8) is 0 Å². The van der Waals surface area contributed by atoms with Crippen LogP contribution in [0.15, 0.2) is 47.6 Å². The summed E-state index contributed by atoms with van der Waals surface area (Å²) in [5.74, 6) is 5.84. The fraction of sp³-hybridized carbons (Fsp3) is 0.211. The van der Waals surface area contributed by atoms with Crippen molar-refractivity contribution in [2.24, 2.45) is 22.6 Å². The molecule has 1 amide bonds. The highest BCUT2D eigenvalue weighted by atomic mass is 16.1. The van der Waals surface area contributed by atoms with Crippen LogP contribution in [-0.2, 0) is 4.79 Å². The number of carbonyl (C=O) groups is 1. The van der Waals surface area contributed by atoms with Gasteiger partial charge in [0.2, 0.25) is 5.91 Å². The van der Waals surface area contributed by atoms with E-state index in [2.05, 4.69) is 20.6 Å². The first-order chi connectivity index (χ1) is 12.5. The standard InChI is InChI=1S/C19H22N6O/c1-11(2)8-17(26)22-14-5-3-4-12(9-14)18-15-10-13(19(20)23-21)6-7-16(15)24-25-18/h3-7,9-11H,8,21H2,1-2H3,(H2,20,23)(H,22,26)(H,24,25). The molecule has 6 N–H and O–H groups in total. The zero-order valence-corrected chi connectivity index (χ0v) is 14.8. The lowest BCUT2D eigenvalue weighted by Gasteiger charge is -2.08. The van der Waals surface area contributed by atoms with Crippen LogP contribution in [-0.4, -0.2) is 21.9 Å². The molecule has 0 bridgehead atoms. The molecule has 0 saturated carbocycles. The Morgan fingerprint density at radius 1 is 1.27 bits per heavy atom. The third kappa shape index (κ3) is 3.66. The highest BCUT2D eigenvalue weighted by molar-refractivity contribution is 6.03. The van der Waals surface area contributed by atoms with Crippen molar-refractivity contribution >= 4 is 28.3 Å². The molecule has 0 saturated heterocycles. The van der Waals surface area contributed by atoms with Crippen molar-refractivity contribution < 1.29 is 4.79 Å². The molecule has 1 heterocycles. The number of hydrogen-bond donors (Lipinski definition) is 4. The van der Waals surface area contributed by atoms with E-state index in [1.807, 2.05) is 56.3 Å². The number of carbonyl (C=O) groups excluding carboxylic acids is 1. The van der Waals surface area contributed by atoms with Crippen LogP contribution in [0.3, 0.4) is 0 Å². The minimum absolute atomic E-state index is 0.00162. The van der Waals surface area contributed by atoms with Gasteiger partial charge < -0.3 is 16.9 Å². The van der Waals surface area contributed by atoms with Crippen LogP contribution in [0.25, 0.3) is 22.2 Å². The molecule has 7 nitrogen and oxygen atoms in total. The van der Waals surface area contributed by atoms with Crippen LogP contribution in [0, 0.1) is 5.92 Å². The van der Waals surface area contributed by atoms with Crippen molar-refractivity contribution in [3.05, 3.63) is 48.0 Å². The average molecular weight is 350 g/mol. The lowest BCUT2D eigenvalue weighted by Crippen LogP contribution is -2.15. The van der Waals surface area contributed by atoms with Crippen molar-refractivity contribution in [1.82, 2.24) is 10.2 Å². The Labute approximate surface area is 151 Å². The third-order valence-corrected chi connectivity index (χ3v) is 4.01. The maximum Gasteiger partial charge on any atom is 0.224 e. The molecule has 0 aliphatic carbocycles. The number of anilines is 1. The first kappa shape index (κ1) is 17.5. The van der Waals surface area contributed by atoms with E-state index in [9.17, 15) is 4.79 Å². The molecule has 0 aliphatic heterocycles. The molecule has 0 unspecified atom stereocenters. The number of benzene rings is 2. The molecule has 0 radical (unpaired) electrons. The summed E-state index contributed by atoms with van der Waals surface area (Å²) in [5.41, 5.74) is 9.81. The number of nitrogens with two attached hydrogens (primary N) is 2. The number of hydrazone groups is 1. The number of hydrogen-bond acceptors (Lipinski definition) is 4. The average Bonchev–Trinajstić information content (AvgIpc) is 3.03. The van der Waals surface area contributed by atoms with Gasteiger partial charge in [0.05, 0.1) is 11.2 Å². The molecule has 0 fully saturated rings. The second-order valence-electron chi connectivity index (χ2n) is 6.57. The number of nitrogens with one attached hydrogen (secondary N) is 2. The molecule has 2 aromatic carbocycles. The summed E-state index contributed by atoms with van der Waals surface area (Å²) in [6, 6.07) is 13.2. The van der Waals surface area contributed by atoms with Crippen LogP contribution >= 0.6 is 0 Å². The lowest BCUT2D eigenvalue weighted by atomic mass is 10.0. The van der Waals surface area contributed by atoms with Gasteiger partial charge in [-0.2, -0.15) is 10.2 Å². The molecule has 3 aromatic rings. The van der Waals surface area contributed by atoms with Gasteiger partial charge in [-0.25, -0.2) is 0 Å². The number of aromatic nitrogens is 2. The van der Waals surface area contributed by atoms with E-state index in [-0.39, 0.29) is 11.7 Å². The quantitative estimate of drug-likeness (QED) is 0.244. The van der Waals surface area contributed by atoms with Crippen LogP contribution in [0.5, 0.6) is 0 Å². The second kappa shape index (κ2) is 7.26. The fourth-order valence-electron chi connectivity index (χ4n) is 2.79. The summed E-state index contributed by atoms with van der Waals surface area (Å²) in [4.78, 5) is 12.0. The van der Waals surface area contributed by atoms with Gasteiger partial charge in [0, 0.05) is 28.6 Å². The number of amidine groups is 1. The predicted molar refractivity (Wildman–Crippen MR) is 105 cm³/mol. The lowest BCUT2D eigenvalue weighted by molar-refractivity contribution is -0.116. The molecular weight excluding hydrogens is 328 g/mol. The van der Waals surface area contributed by atoms with Crippen molar-refractivity contribution in [2.75, 3.05) is 5.32 Å². The number of H-pyrrole nitrogens is 1. The largest absolute Gasteiger partial charge is 0.382 e. The second-order valence-corrected chi connectivity index (χ2v) is 6.57. The Hall–Kier alpha value is -3.35. The van der Waals surface area contributed by atoms with E-state index >= 15 is 0 Å². The van der Waals surface area contributed by atoms with E-state index in [0.717, 1.165) is 33.4 Å². The van der Waals surface area contributed by atoms with Gasteiger partial charge >= 0.3 is 0 Å². The zero-order chi connectivity index (χ0) is 18.7. The zero-order valence-electron chi connectivity index (χ0n) is 14.8. The highest BCUT2D eigenvalue weighted by Crippen LogP contribution is 2.28. The summed E-state index contributed by atoms with van der Waals surface area (Å²) in [6.07, 6.45) is 0.483. The summed E-state index contributed by atoms with van der Waals surface area (Å²) >= 11 is 0. The number of nitrogens with zero attached hydrogens (tertiary/aromatic N) is 2. The van der Waals surface area contributed by atoms with Crippen molar-refractivity contribution in [1.29, 1.82) is 0 Å². The molecule has 1 aromatic heterocycles. The van der Waals surface area contributed by atoms with E-state index in [1.54, 1.807) is 0 Å². The van der Waals surface area contributed by atoms with E-state index in [1.165, 1.54) is 0 Å². The minimum atomic E-state index is -0.00162. The first-order valence-electron chi connectivity index (χ1n) is 8.40. The third-order valence-electron chi connectivity index (χ3n) is 4.01. The molecule has 7 heteroatoms. The molecular formula is C19H22N6O.